The molecule has 0 aromatic heterocycles. The van der Waals surface area contributed by atoms with E-state index in [0.717, 1.165) is 16.7 Å². The summed E-state index contributed by atoms with van der Waals surface area (Å²) in [6.45, 7) is 4.14. The first-order valence-corrected chi connectivity index (χ1v) is 10.8. The first-order chi connectivity index (χ1) is 13.3. The number of nitrogens with zero attached hydrogens (tertiary/aromatic N) is 1. The van der Waals surface area contributed by atoms with Crippen molar-refractivity contribution in [3.05, 3.63) is 69.2 Å². The maximum absolute atomic E-state index is 12.9. The summed E-state index contributed by atoms with van der Waals surface area (Å²) in [5, 5.41) is 3.63. The molecule has 2 amide bonds. The van der Waals surface area contributed by atoms with E-state index in [-0.39, 0.29) is 17.6 Å². The Morgan fingerprint density at radius 3 is 2.50 bits per heavy atom. The van der Waals surface area contributed by atoms with Crippen molar-refractivity contribution in [3.63, 3.8) is 0 Å². The lowest BCUT2D eigenvalue weighted by atomic mass is 10.1. The minimum atomic E-state index is -0.552. The van der Waals surface area contributed by atoms with E-state index >= 15 is 0 Å². The van der Waals surface area contributed by atoms with Gasteiger partial charge in [0.05, 0.1) is 15.8 Å². The molecule has 2 aromatic rings. The number of thioether (sulfide) groups is 1. The number of likely N-dealkylation sites (N-methyl/N-ethyl adjacent to an activating group) is 1. The molecule has 0 bridgehead atoms. The van der Waals surface area contributed by atoms with Gasteiger partial charge in [-0.25, -0.2) is 0 Å². The van der Waals surface area contributed by atoms with Crippen LogP contribution in [0.4, 0.5) is 0 Å². The molecule has 4 nitrogen and oxygen atoms in total. The summed E-state index contributed by atoms with van der Waals surface area (Å²) < 4.78 is 0. The van der Waals surface area contributed by atoms with Gasteiger partial charge in [-0.3, -0.25) is 9.59 Å². The van der Waals surface area contributed by atoms with Crippen LogP contribution in [0.5, 0.6) is 0 Å². The molecule has 0 aliphatic heterocycles. The standard InChI is InChI=1S/C21H24Cl2N2O2S/c1-14-5-4-6-16(9-14)11-25(15(2)21(27)24-3)20(26)13-28-12-17-7-8-18(22)19(23)10-17/h4-10,15H,11-13H2,1-3H3,(H,24,27)/t15-/m1/s1. The second-order valence-corrected chi connectivity index (χ2v) is 8.34. The third-order valence-electron chi connectivity index (χ3n) is 4.33. The molecule has 0 spiro atoms. The summed E-state index contributed by atoms with van der Waals surface area (Å²) in [7, 11) is 1.58. The van der Waals surface area contributed by atoms with E-state index in [9.17, 15) is 9.59 Å². The number of rotatable bonds is 8. The molecule has 0 heterocycles. The molecule has 150 valence electrons. The Bertz CT molecular complexity index is 845. The fourth-order valence-corrected chi connectivity index (χ4v) is 3.95. The van der Waals surface area contributed by atoms with Gasteiger partial charge in [-0.1, -0.05) is 59.1 Å². The highest BCUT2D eigenvalue weighted by Gasteiger charge is 2.25. The second kappa shape index (κ2) is 10.7. The van der Waals surface area contributed by atoms with E-state index in [1.807, 2.05) is 37.3 Å². The smallest absolute Gasteiger partial charge is 0.242 e. The van der Waals surface area contributed by atoms with E-state index in [4.69, 9.17) is 23.2 Å². The topological polar surface area (TPSA) is 49.4 Å². The Morgan fingerprint density at radius 1 is 1.11 bits per heavy atom. The number of carbonyl (C=O) groups excluding carboxylic acids is 2. The first-order valence-electron chi connectivity index (χ1n) is 8.90. The predicted molar refractivity (Wildman–Crippen MR) is 118 cm³/mol. The molecule has 0 aliphatic rings. The van der Waals surface area contributed by atoms with Crippen LogP contribution >= 0.6 is 35.0 Å². The molecule has 0 radical (unpaired) electrons. The normalized spacial score (nSPS) is 11.8. The van der Waals surface area contributed by atoms with E-state index in [0.29, 0.717) is 22.3 Å². The Kier molecular flexibility index (Phi) is 8.67. The van der Waals surface area contributed by atoms with Gasteiger partial charge in [0.2, 0.25) is 11.8 Å². The van der Waals surface area contributed by atoms with Gasteiger partial charge in [0.25, 0.3) is 0 Å². The van der Waals surface area contributed by atoms with Crippen molar-refractivity contribution < 1.29 is 9.59 Å². The molecule has 7 heteroatoms. The van der Waals surface area contributed by atoms with Crippen molar-refractivity contribution in [2.45, 2.75) is 32.2 Å². The van der Waals surface area contributed by atoms with Crippen LogP contribution in [0.1, 0.15) is 23.6 Å². The number of nitrogens with one attached hydrogen (secondary N) is 1. The van der Waals surface area contributed by atoms with Gasteiger partial charge in [-0.05, 0) is 37.1 Å². The summed E-state index contributed by atoms with van der Waals surface area (Å²) >= 11 is 13.5. The zero-order valence-electron chi connectivity index (χ0n) is 16.2. The van der Waals surface area contributed by atoms with Crippen molar-refractivity contribution in [1.82, 2.24) is 10.2 Å². The summed E-state index contributed by atoms with van der Waals surface area (Å²) in [5.41, 5.74) is 3.11. The Labute approximate surface area is 180 Å². The highest BCUT2D eigenvalue weighted by Crippen LogP contribution is 2.25. The van der Waals surface area contributed by atoms with E-state index in [1.54, 1.807) is 31.0 Å². The van der Waals surface area contributed by atoms with Crippen molar-refractivity contribution >= 4 is 46.8 Å². The molecule has 0 aliphatic carbocycles. The van der Waals surface area contributed by atoms with Crippen LogP contribution in [0, 0.1) is 6.92 Å². The molecular weight excluding hydrogens is 415 g/mol. The third kappa shape index (κ3) is 6.43. The maximum atomic E-state index is 12.9. The zero-order valence-corrected chi connectivity index (χ0v) is 18.5. The number of amides is 2. The highest BCUT2D eigenvalue weighted by atomic mass is 35.5. The zero-order chi connectivity index (χ0) is 20.7. The molecule has 0 fully saturated rings. The quantitative estimate of drug-likeness (QED) is 0.649. The lowest BCUT2D eigenvalue weighted by Gasteiger charge is -2.28. The van der Waals surface area contributed by atoms with Gasteiger partial charge in [0.1, 0.15) is 6.04 Å². The number of aryl methyl sites for hydroxylation is 1. The van der Waals surface area contributed by atoms with Crippen LogP contribution < -0.4 is 5.32 Å². The number of carbonyl (C=O) groups is 2. The fourth-order valence-electron chi connectivity index (χ4n) is 2.77. The minimum absolute atomic E-state index is 0.0809. The average Bonchev–Trinajstić information content (AvgIpc) is 2.67. The lowest BCUT2D eigenvalue weighted by Crippen LogP contribution is -2.47. The summed E-state index contributed by atoms with van der Waals surface area (Å²) in [6.07, 6.45) is 0. The highest BCUT2D eigenvalue weighted by molar-refractivity contribution is 7.99. The van der Waals surface area contributed by atoms with Crippen LogP contribution in [0.25, 0.3) is 0 Å². The fraction of sp³-hybridized carbons (Fsp3) is 0.333. The summed E-state index contributed by atoms with van der Waals surface area (Å²) in [5.74, 6) is 0.640. The maximum Gasteiger partial charge on any atom is 0.242 e. The van der Waals surface area contributed by atoms with Crippen molar-refractivity contribution in [2.75, 3.05) is 12.8 Å². The van der Waals surface area contributed by atoms with Crippen LogP contribution in [0.3, 0.4) is 0 Å². The monoisotopic (exact) mass is 438 g/mol. The van der Waals surface area contributed by atoms with E-state index in [1.165, 1.54) is 11.8 Å². The van der Waals surface area contributed by atoms with Crippen LogP contribution in [-0.2, 0) is 21.9 Å². The van der Waals surface area contributed by atoms with Crippen molar-refractivity contribution in [2.24, 2.45) is 0 Å². The third-order valence-corrected chi connectivity index (χ3v) is 6.05. The first kappa shape index (κ1) is 22.6. The second-order valence-electron chi connectivity index (χ2n) is 6.54. The van der Waals surface area contributed by atoms with Gasteiger partial charge < -0.3 is 10.2 Å². The Morgan fingerprint density at radius 2 is 1.86 bits per heavy atom. The van der Waals surface area contributed by atoms with Crippen LogP contribution in [0.15, 0.2) is 42.5 Å². The molecule has 2 aromatic carbocycles. The van der Waals surface area contributed by atoms with Gasteiger partial charge in [-0.2, -0.15) is 0 Å². The number of hydrogen-bond donors (Lipinski definition) is 1. The molecule has 0 unspecified atom stereocenters. The van der Waals surface area contributed by atoms with Crippen molar-refractivity contribution in [3.8, 4) is 0 Å². The van der Waals surface area contributed by atoms with Gasteiger partial charge in [0, 0.05) is 19.3 Å². The molecule has 1 N–H and O–H groups in total. The number of benzene rings is 2. The van der Waals surface area contributed by atoms with Crippen molar-refractivity contribution in [1.29, 1.82) is 0 Å². The minimum Gasteiger partial charge on any atom is -0.357 e. The molecule has 2 rings (SSSR count). The van der Waals surface area contributed by atoms with Gasteiger partial charge >= 0.3 is 0 Å². The molecular formula is C21H24Cl2N2O2S. The molecule has 0 saturated carbocycles. The molecule has 1 atom stereocenters. The van der Waals surface area contributed by atoms with E-state index in [2.05, 4.69) is 5.32 Å². The predicted octanol–water partition coefficient (Wildman–Crippen LogP) is 4.70. The van der Waals surface area contributed by atoms with Crippen LogP contribution in [-0.4, -0.2) is 35.6 Å². The van der Waals surface area contributed by atoms with E-state index < -0.39 is 6.04 Å². The largest absolute Gasteiger partial charge is 0.357 e. The molecule has 0 saturated heterocycles. The number of hydrogen-bond acceptors (Lipinski definition) is 3. The SMILES string of the molecule is CNC(=O)[C@@H](C)N(Cc1cccc(C)c1)C(=O)CSCc1ccc(Cl)c(Cl)c1. The Hall–Kier alpha value is -1.69. The molecule has 28 heavy (non-hydrogen) atoms. The number of halogens is 2. The van der Waals surface area contributed by atoms with Gasteiger partial charge in [-0.15, -0.1) is 11.8 Å². The Balaban J connectivity index is 2.05. The van der Waals surface area contributed by atoms with Gasteiger partial charge in [0.15, 0.2) is 0 Å². The average molecular weight is 439 g/mol. The summed E-state index contributed by atoms with van der Waals surface area (Å²) in [4.78, 5) is 26.6. The summed E-state index contributed by atoms with van der Waals surface area (Å²) in [6, 6.07) is 12.8. The van der Waals surface area contributed by atoms with Crippen LogP contribution in [0.2, 0.25) is 10.0 Å². The lowest BCUT2D eigenvalue weighted by molar-refractivity contribution is -0.138.